The van der Waals surface area contributed by atoms with Crippen molar-refractivity contribution in [1.29, 1.82) is 0 Å². The van der Waals surface area contributed by atoms with Crippen molar-refractivity contribution in [1.82, 2.24) is 30.3 Å². The van der Waals surface area contributed by atoms with Gasteiger partial charge in [-0.05, 0) is 48.7 Å². The van der Waals surface area contributed by atoms with Crippen LogP contribution in [0.15, 0.2) is 48.9 Å². The Labute approximate surface area is 285 Å². The summed E-state index contributed by atoms with van der Waals surface area (Å²) in [5.74, 6) is -0.759. The summed E-state index contributed by atoms with van der Waals surface area (Å²) in [6, 6.07) is 8.26. The number of anilines is 2. The number of amides is 2. The molecule has 2 unspecified atom stereocenters. The Balaban J connectivity index is 1.00. The van der Waals surface area contributed by atoms with Gasteiger partial charge in [0, 0.05) is 80.1 Å². The number of ether oxygens (including phenoxy) is 1. The number of benzene rings is 2. The second-order valence-corrected chi connectivity index (χ2v) is 13.5. The lowest BCUT2D eigenvalue weighted by atomic mass is 10.0. The van der Waals surface area contributed by atoms with Crippen LogP contribution >= 0.6 is 0 Å². The number of quaternary nitrogens is 1. The summed E-state index contributed by atoms with van der Waals surface area (Å²) in [7, 11) is 3.60. The van der Waals surface area contributed by atoms with E-state index in [1.54, 1.807) is 28.9 Å². The average Bonchev–Trinajstić information content (AvgIpc) is 3.67. The minimum atomic E-state index is -1.07. The van der Waals surface area contributed by atoms with Gasteiger partial charge in [0.15, 0.2) is 23.0 Å². The SMILES string of the molecule is CCc1cc(Nc2nccn3c(-c4ccc(OC)c(F)c4F)cnc23)ccc1C(=O)NCCCNC(=O)CC1CC[N+](C)(CC2CNC2)C1. The van der Waals surface area contributed by atoms with Crippen LogP contribution in [0.25, 0.3) is 16.9 Å². The number of carbonyl (C=O) groups excluding carboxylic acids is 2. The number of carbonyl (C=O) groups is 2. The zero-order valence-electron chi connectivity index (χ0n) is 28.3. The third-order valence-electron chi connectivity index (χ3n) is 9.74. The van der Waals surface area contributed by atoms with Crippen LogP contribution in [0.2, 0.25) is 0 Å². The van der Waals surface area contributed by atoms with Crippen molar-refractivity contribution in [3.05, 3.63) is 71.7 Å². The molecule has 2 aliphatic rings. The second kappa shape index (κ2) is 14.9. The van der Waals surface area contributed by atoms with Crippen LogP contribution < -0.4 is 26.0 Å². The molecule has 6 rings (SSSR count). The minimum Gasteiger partial charge on any atom is -0.494 e. The maximum atomic E-state index is 14.9. The Hall–Kier alpha value is -4.62. The van der Waals surface area contributed by atoms with E-state index in [1.165, 1.54) is 32.0 Å². The highest BCUT2D eigenvalue weighted by Crippen LogP contribution is 2.32. The molecule has 13 heteroatoms. The van der Waals surface area contributed by atoms with Crippen LogP contribution in [0.4, 0.5) is 20.3 Å². The molecule has 2 aliphatic heterocycles. The molecule has 0 radical (unpaired) electrons. The van der Waals surface area contributed by atoms with Crippen molar-refractivity contribution < 1.29 is 27.6 Å². The van der Waals surface area contributed by atoms with E-state index in [0.717, 1.165) is 48.6 Å². The topological polar surface area (TPSA) is 122 Å². The van der Waals surface area contributed by atoms with E-state index in [9.17, 15) is 18.4 Å². The van der Waals surface area contributed by atoms with E-state index in [2.05, 4.69) is 38.3 Å². The number of aryl methyl sites for hydroxylation is 1. The molecule has 4 N–H and O–H groups in total. The first-order valence-electron chi connectivity index (χ1n) is 17.0. The summed E-state index contributed by atoms with van der Waals surface area (Å²) < 4.78 is 36.9. The molecule has 0 spiro atoms. The lowest BCUT2D eigenvalue weighted by molar-refractivity contribution is -0.902. The van der Waals surface area contributed by atoms with Crippen molar-refractivity contribution in [3.63, 3.8) is 0 Å². The zero-order valence-corrected chi connectivity index (χ0v) is 28.3. The van der Waals surface area contributed by atoms with Crippen molar-refractivity contribution in [2.75, 3.05) is 65.3 Å². The molecule has 2 aromatic carbocycles. The van der Waals surface area contributed by atoms with Gasteiger partial charge >= 0.3 is 0 Å². The zero-order chi connectivity index (χ0) is 34.5. The summed E-state index contributed by atoms with van der Waals surface area (Å²) in [5, 5.41) is 12.6. The van der Waals surface area contributed by atoms with Crippen LogP contribution in [0.5, 0.6) is 5.75 Å². The van der Waals surface area contributed by atoms with E-state index in [0.29, 0.717) is 66.7 Å². The molecule has 0 aliphatic carbocycles. The molecule has 4 heterocycles. The fraction of sp³-hybridized carbons (Fsp3) is 0.444. The van der Waals surface area contributed by atoms with E-state index < -0.39 is 11.6 Å². The number of hydrogen-bond donors (Lipinski definition) is 4. The Morgan fingerprint density at radius 2 is 1.90 bits per heavy atom. The van der Waals surface area contributed by atoms with Crippen molar-refractivity contribution in [2.24, 2.45) is 11.8 Å². The summed E-state index contributed by atoms with van der Waals surface area (Å²) in [4.78, 5) is 34.5. The van der Waals surface area contributed by atoms with E-state index in [1.807, 2.05) is 13.0 Å². The summed E-state index contributed by atoms with van der Waals surface area (Å²) in [6.45, 7) is 8.58. The standard InChI is InChI=1S/C36H44F2N8O3/c1-4-25-17-26(44-34-35-43-20-29(45(35)14-13-41-34)28-8-9-30(49-3)33(38)32(28)37)6-7-27(25)36(48)42-12-5-11-40-31(47)16-23-10-15-46(2,21-23)22-24-18-39-19-24/h6-9,13-14,17,20,23-24,39H,4-5,10-12,15-16,18-19,21-22H2,1-3H3,(H2-,40,41,42,44,47,48)/p+1. The van der Waals surface area contributed by atoms with Crippen molar-refractivity contribution >= 4 is 29.0 Å². The fourth-order valence-corrected chi connectivity index (χ4v) is 7.10. The van der Waals surface area contributed by atoms with Gasteiger partial charge in [-0.3, -0.25) is 14.0 Å². The predicted octanol–water partition coefficient (Wildman–Crippen LogP) is 4.30. The molecule has 49 heavy (non-hydrogen) atoms. The third-order valence-corrected chi connectivity index (χ3v) is 9.74. The van der Waals surface area contributed by atoms with Gasteiger partial charge in [0.25, 0.3) is 5.91 Å². The normalized spacial score (nSPS) is 19.1. The quantitative estimate of drug-likeness (QED) is 0.116. The number of aromatic nitrogens is 3. The molecule has 2 saturated heterocycles. The lowest BCUT2D eigenvalue weighted by Gasteiger charge is -2.37. The van der Waals surface area contributed by atoms with Gasteiger partial charge in [-0.1, -0.05) is 6.92 Å². The molecular formula is C36H45F2N8O3+. The van der Waals surface area contributed by atoms with Gasteiger partial charge in [0.2, 0.25) is 11.7 Å². The molecule has 0 saturated carbocycles. The van der Waals surface area contributed by atoms with Crippen molar-refractivity contribution in [3.8, 4) is 17.0 Å². The van der Waals surface area contributed by atoms with Gasteiger partial charge in [-0.25, -0.2) is 14.4 Å². The van der Waals surface area contributed by atoms with Crippen LogP contribution in [-0.2, 0) is 11.2 Å². The van der Waals surface area contributed by atoms with Gasteiger partial charge in [-0.2, -0.15) is 4.39 Å². The van der Waals surface area contributed by atoms with E-state index >= 15 is 0 Å². The Kier molecular flexibility index (Phi) is 10.4. The molecule has 260 valence electrons. The molecule has 2 fully saturated rings. The number of imidazole rings is 1. The number of nitrogens with one attached hydrogen (secondary N) is 4. The maximum Gasteiger partial charge on any atom is 0.251 e. The maximum absolute atomic E-state index is 14.9. The third kappa shape index (κ3) is 7.67. The second-order valence-electron chi connectivity index (χ2n) is 13.5. The average molecular weight is 676 g/mol. The molecule has 2 atom stereocenters. The molecule has 2 aromatic heterocycles. The largest absolute Gasteiger partial charge is 0.494 e. The van der Waals surface area contributed by atoms with Crippen LogP contribution in [0, 0.1) is 23.5 Å². The minimum absolute atomic E-state index is 0.0394. The first-order chi connectivity index (χ1) is 23.7. The van der Waals surface area contributed by atoms with Crippen LogP contribution in [-0.4, -0.2) is 90.6 Å². The Bertz CT molecular complexity index is 1830. The Morgan fingerprint density at radius 1 is 1.08 bits per heavy atom. The predicted molar refractivity (Wildman–Crippen MR) is 184 cm³/mol. The Morgan fingerprint density at radius 3 is 2.65 bits per heavy atom. The number of hydrogen-bond acceptors (Lipinski definition) is 7. The van der Waals surface area contributed by atoms with Gasteiger partial charge in [-0.15, -0.1) is 0 Å². The van der Waals surface area contributed by atoms with Gasteiger partial charge < -0.3 is 30.5 Å². The number of methoxy groups -OCH3 is 1. The summed E-state index contributed by atoms with van der Waals surface area (Å²) in [5.41, 5.74) is 2.93. The molecule has 2 amide bonds. The first kappa shape index (κ1) is 34.3. The highest BCUT2D eigenvalue weighted by Gasteiger charge is 2.38. The fourth-order valence-electron chi connectivity index (χ4n) is 7.10. The monoisotopic (exact) mass is 675 g/mol. The molecular weight excluding hydrogens is 630 g/mol. The van der Waals surface area contributed by atoms with Crippen molar-refractivity contribution in [2.45, 2.75) is 32.6 Å². The summed E-state index contributed by atoms with van der Waals surface area (Å²) in [6.07, 6.45) is 7.55. The molecule has 11 nitrogen and oxygen atoms in total. The number of nitrogens with zero attached hydrogens (tertiary/aromatic N) is 4. The highest BCUT2D eigenvalue weighted by atomic mass is 19.2. The molecule has 4 aromatic rings. The van der Waals surface area contributed by atoms with E-state index in [-0.39, 0.29) is 23.1 Å². The van der Waals surface area contributed by atoms with Crippen LogP contribution in [0.1, 0.15) is 42.1 Å². The van der Waals surface area contributed by atoms with Crippen LogP contribution in [0.3, 0.4) is 0 Å². The van der Waals surface area contributed by atoms with Gasteiger partial charge in [0.05, 0.1) is 45.7 Å². The molecule has 0 bridgehead atoms. The van der Waals surface area contributed by atoms with E-state index in [4.69, 9.17) is 4.74 Å². The number of fused-ring (bicyclic) bond motifs is 1. The number of likely N-dealkylation sites (tertiary alicyclic amines) is 1. The smallest absolute Gasteiger partial charge is 0.251 e. The lowest BCUT2D eigenvalue weighted by Crippen LogP contribution is -2.54. The summed E-state index contributed by atoms with van der Waals surface area (Å²) >= 11 is 0. The first-order valence-corrected chi connectivity index (χ1v) is 17.0. The number of rotatable bonds is 14. The van der Waals surface area contributed by atoms with Gasteiger partial charge in [0.1, 0.15) is 0 Å². The number of halogens is 2. The highest BCUT2D eigenvalue weighted by molar-refractivity contribution is 5.96.